The van der Waals surface area contributed by atoms with Gasteiger partial charge in [0, 0.05) is 0 Å². The average molecular weight is 157 g/mol. The molecule has 0 aliphatic rings. The van der Waals surface area contributed by atoms with E-state index in [0.717, 1.165) is 25.7 Å². The van der Waals surface area contributed by atoms with Crippen molar-refractivity contribution in [2.45, 2.75) is 58.0 Å². The van der Waals surface area contributed by atoms with E-state index in [1.807, 2.05) is 0 Å². The molecule has 0 saturated carbocycles. The van der Waals surface area contributed by atoms with E-state index in [0.29, 0.717) is 0 Å². The molecule has 1 heteroatoms. The van der Waals surface area contributed by atoms with Gasteiger partial charge in [-0.1, -0.05) is 32.6 Å². The maximum Gasteiger partial charge on any atom is 0.0539 e. The molecular weight excluding hydrogens is 136 g/mol. The molecule has 0 saturated heterocycles. The molecule has 11 heavy (non-hydrogen) atoms. The van der Waals surface area contributed by atoms with Gasteiger partial charge in [0.2, 0.25) is 0 Å². The number of aliphatic hydroxyl groups excluding tert-OH is 1. The number of hydrogen-bond donors (Lipinski definition) is 1. The minimum Gasteiger partial charge on any atom is -0.393 e. The third-order valence-electron chi connectivity index (χ3n) is 1.93. The van der Waals surface area contributed by atoms with Gasteiger partial charge in [-0.15, -0.1) is 0 Å². The van der Waals surface area contributed by atoms with E-state index in [1.54, 1.807) is 0 Å². The van der Waals surface area contributed by atoms with E-state index in [-0.39, 0.29) is 6.10 Å². The molecule has 0 rings (SSSR count). The summed E-state index contributed by atoms with van der Waals surface area (Å²) in [6.45, 7) is 5.93. The van der Waals surface area contributed by atoms with Crippen molar-refractivity contribution < 1.29 is 5.11 Å². The Labute approximate surface area is 70.8 Å². The van der Waals surface area contributed by atoms with Crippen LogP contribution in [0.1, 0.15) is 51.9 Å². The second-order valence-corrected chi connectivity index (χ2v) is 3.15. The van der Waals surface area contributed by atoms with Crippen molar-refractivity contribution in [3.63, 3.8) is 0 Å². The molecule has 0 spiro atoms. The van der Waals surface area contributed by atoms with E-state index in [1.165, 1.54) is 19.3 Å². The van der Waals surface area contributed by atoms with Gasteiger partial charge in [-0.3, -0.25) is 0 Å². The molecule has 0 radical (unpaired) electrons. The standard InChI is InChI=1S/C10H21O/c1-3-5-7-9-10(11)8-6-4-2/h10-11H,2-9H2,1H3/q-1/t10-/m0/s1. The van der Waals surface area contributed by atoms with E-state index in [4.69, 9.17) is 0 Å². The molecule has 1 N–H and O–H groups in total. The summed E-state index contributed by atoms with van der Waals surface area (Å²) in [7, 11) is 0. The summed E-state index contributed by atoms with van der Waals surface area (Å²) in [5.74, 6) is 0. The molecule has 0 unspecified atom stereocenters. The Kier molecular flexibility index (Phi) is 8.03. The quantitative estimate of drug-likeness (QED) is 0.445. The second kappa shape index (κ2) is 8.06. The summed E-state index contributed by atoms with van der Waals surface area (Å²) in [6, 6.07) is 0. The van der Waals surface area contributed by atoms with Crippen LogP contribution >= 0.6 is 0 Å². The van der Waals surface area contributed by atoms with E-state index < -0.39 is 0 Å². The molecule has 1 nitrogen and oxygen atoms in total. The predicted molar refractivity (Wildman–Crippen MR) is 49.4 cm³/mol. The van der Waals surface area contributed by atoms with Gasteiger partial charge in [0.25, 0.3) is 0 Å². The van der Waals surface area contributed by atoms with Crippen LogP contribution in [0.25, 0.3) is 0 Å². The molecule has 68 valence electrons. The maximum absolute atomic E-state index is 9.38. The molecule has 0 amide bonds. The molecule has 0 bridgehead atoms. The minimum absolute atomic E-state index is 0.0664. The maximum atomic E-state index is 9.38. The van der Waals surface area contributed by atoms with Crippen molar-refractivity contribution in [3.05, 3.63) is 6.92 Å². The lowest BCUT2D eigenvalue weighted by Crippen LogP contribution is -2.05. The van der Waals surface area contributed by atoms with Gasteiger partial charge in [0.1, 0.15) is 0 Å². The van der Waals surface area contributed by atoms with Gasteiger partial charge < -0.3 is 12.0 Å². The van der Waals surface area contributed by atoms with Crippen molar-refractivity contribution in [2.24, 2.45) is 0 Å². The summed E-state index contributed by atoms with van der Waals surface area (Å²) in [5, 5.41) is 9.38. The van der Waals surface area contributed by atoms with E-state index in [2.05, 4.69) is 13.8 Å². The highest BCUT2D eigenvalue weighted by Gasteiger charge is 2.00. The third kappa shape index (κ3) is 7.86. The van der Waals surface area contributed by atoms with Gasteiger partial charge in [-0.25, -0.2) is 0 Å². The summed E-state index contributed by atoms with van der Waals surface area (Å²) in [6.07, 6.45) is 7.53. The molecular formula is C10H21O-. The van der Waals surface area contributed by atoms with Crippen LogP contribution in [0.3, 0.4) is 0 Å². The Balaban J connectivity index is 3.02. The van der Waals surface area contributed by atoms with Crippen molar-refractivity contribution in [1.29, 1.82) is 0 Å². The van der Waals surface area contributed by atoms with Crippen LogP contribution in [-0.4, -0.2) is 11.2 Å². The zero-order chi connectivity index (χ0) is 8.53. The van der Waals surface area contributed by atoms with Gasteiger partial charge in [-0.05, 0) is 12.8 Å². The Bertz CT molecular complexity index is 71.3. The first-order chi connectivity index (χ1) is 5.31. The SMILES string of the molecule is [CH2-]CCC[C@H](O)CCCCC. The Morgan fingerprint density at radius 3 is 2.36 bits per heavy atom. The fourth-order valence-electron chi connectivity index (χ4n) is 1.15. The van der Waals surface area contributed by atoms with Crippen LogP contribution < -0.4 is 0 Å². The molecule has 1 atom stereocenters. The number of rotatable bonds is 7. The first-order valence-corrected chi connectivity index (χ1v) is 4.78. The van der Waals surface area contributed by atoms with Gasteiger partial charge in [-0.2, -0.15) is 6.42 Å². The molecule has 0 aliphatic heterocycles. The summed E-state index contributed by atoms with van der Waals surface area (Å²) >= 11 is 0. The Morgan fingerprint density at radius 1 is 1.18 bits per heavy atom. The lowest BCUT2D eigenvalue weighted by molar-refractivity contribution is 0.148. The molecule has 0 aliphatic carbocycles. The first-order valence-electron chi connectivity index (χ1n) is 4.78. The number of hydrogen-bond acceptors (Lipinski definition) is 1. The minimum atomic E-state index is -0.0664. The van der Waals surface area contributed by atoms with Crippen LogP contribution in [0, 0.1) is 6.92 Å². The monoisotopic (exact) mass is 157 g/mol. The average Bonchev–Trinajstić information content (AvgIpc) is 2.01. The summed E-state index contributed by atoms with van der Waals surface area (Å²) in [4.78, 5) is 0. The fraction of sp³-hybridized carbons (Fsp3) is 0.900. The largest absolute Gasteiger partial charge is 0.393 e. The van der Waals surface area contributed by atoms with Crippen LogP contribution in [0.4, 0.5) is 0 Å². The van der Waals surface area contributed by atoms with Crippen LogP contribution in [0.15, 0.2) is 0 Å². The molecule has 0 aromatic heterocycles. The zero-order valence-electron chi connectivity index (χ0n) is 7.68. The highest BCUT2D eigenvalue weighted by atomic mass is 16.3. The normalized spacial score (nSPS) is 13.4. The molecule has 0 fully saturated rings. The van der Waals surface area contributed by atoms with Gasteiger partial charge in [0.05, 0.1) is 6.10 Å². The predicted octanol–water partition coefficient (Wildman–Crippen LogP) is 2.93. The van der Waals surface area contributed by atoms with E-state index in [9.17, 15) is 5.11 Å². The van der Waals surface area contributed by atoms with Gasteiger partial charge >= 0.3 is 0 Å². The lowest BCUT2D eigenvalue weighted by atomic mass is 10.1. The zero-order valence-corrected chi connectivity index (χ0v) is 7.68. The second-order valence-electron chi connectivity index (χ2n) is 3.15. The fourth-order valence-corrected chi connectivity index (χ4v) is 1.15. The third-order valence-corrected chi connectivity index (χ3v) is 1.93. The van der Waals surface area contributed by atoms with Crippen molar-refractivity contribution in [2.75, 3.05) is 0 Å². The highest BCUT2D eigenvalue weighted by molar-refractivity contribution is 4.56. The molecule has 0 aromatic rings. The van der Waals surface area contributed by atoms with Crippen LogP contribution in [0.2, 0.25) is 0 Å². The smallest absolute Gasteiger partial charge is 0.0539 e. The van der Waals surface area contributed by atoms with Crippen molar-refractivity contribution in [1.82, 2.24) is 0 Å². The highest BCUT2D eigenvalue weighted by Crippen LogP contribution is 2.08. The van der Waals surface area contributed by atoms with Crippen molar-refractivity contribution in [3.8, 4) is 0 Å². The number of unbranched alkanes of at least 4 members (excludes halogenated alkanes) is 3. The Hall–Kier alpha value is -0.0400. The summed E-state index contributed by atoms with van der Waals surface area (Å²) < 4.78 is 0. The van der Waals surface area contributed by atoms with E-state index >= 15 is 0 Å². The lowest BCUT2D eigenvalue weighted by Gasteiger charge is -2.09. The number of aliphatic hydroxyl groups is 1. The van der Waals surface area contributed by atoms with Crippen LogP contribution in [0.5, 0.6) is 0 Å². The Morgan fingerprint density at radius 2 is 1.82 bits per heavy atom. The molecule has 0 heterocycles. The topological polar surface area (TPSA) is 20.2 Å². The van der Waals surface area contributed by atoms with Gasteiger partial charge in [0.15, 0.2) is 0 Å². The molecule has 0 aromatic carbocycles. The van der Waals surface area contributed by atoms with Crippen molar-refractivity contribution >= 4 is 0 Å². The summed E-state index contributed by atoms with van der Waals surface area (Å²) in [5.41, 5.74) is 0. The van der Waals surface area contributed by atoms with Crippen LogP contribution in [-0.2, 0) is 0 Å². The first kappa shape index (κ1) is 11.0.